The van der Waals surface area contributed by atoms with Crippen molar-refractivity contribution in [1.29, 1.82) is 5.26 Å². The molecule has 0 unspecified atom stereocenters. The summed E-state index contributed by atoms with van der Waals surface area (Å²) in [5, 5.41) is 8.98. The minimum atomic E-state index is -0.446. The number of allylic oxidation sites excluding steroid dienone is 1. The highest BCUT2D eigenvalue weighted by atomic mass is 19.1. The fourth-order valence-corrected chi connectivity index (χ4v) is 1.50. The van der Waals surface area contributed by atoms with Crippen LogP contribution >= 0.6 is 0 Å². The zero-order valence-electron chi connectivity index (χ0n) is 9.96. The Morgan fingerprint density at radius 1 is 1.53 bits per heavy atom. The molecule has 4 heteroatoms. The van der Waals surface area contributed by atoms with Crippen molar-refractivity contribution >= 4 is 5.70 Å². The molecule has 0 spiro atoms. The lowest BCUT2D eigenvalue weighted by Gasteiger charge is -2.08. The highest BCUT2D eigenvalue weighted by molar-refractivity contribution is 5.70. The number of rotatable bonds is 4. The minimum absolute atomic E-state index is 0.124. The molecule has 0 bridgehead atoms. The molecule has 0 aliphatic carbocycles. The van der Waals surface area contributed by atoms with Gasteiger partial charge in [-0.2, -0.15) is 5.26 Å². The molecular weight excluding hydrogens is 219 g/mol. The zero-order chi connectivity index (χ0) is 12.8. The first kappa shape index (κ1) is 13.0. The Balaban J connectivity index is 3.20. The number of benzene rings is 1. The van der Waals surface area contributed by atoms with Crippen molar-refractivity contribution in [2.45, 2.75) is 19.8 Å². The molecule has 0 atom stereocenters. The number of nitrogens with zero attached hydrogens (tertiary/aromatic N) is 1. The van der Waals surface area contributed by atoms with E-state index in [9.17, 15) is 4.39 Å². The summed E-state index contributed by atoms with van der Waals surface area (Å²) in [6, 6.07) is 6.39. The second kappa shape index (κ2) is 5.90. The van der Waals surface area contributed by atoms with Crippen LogP contribution in [0.4, 0.5) is 4.39 Å². The Labute approximate surface area is 100 Å². The van der Waals surface area contributed by atoms with E-state index >= 15 is 0 Å². The fourth-order valence-electron chi connectivity index (χ4n) is 1.50. The van der Waals surface area contributed by atoms with E-state index < -0.39 is 5.82 Å². The highest BCUT2D eigenvalue weighted by Gasteiger charge is 2.08. The largest absolute Gasteiger partial charge is 0.494 e. The summed E-state index contributed by atoms with van der Waals surface area (Å²) in [4.78, 5) is 0. The molecular formula is C13H15FN2O. The van der Waals surface area contributed by atoms with Crippen LogP contribution in [0.2, 0.25) is 0 Å². The first-order chi connectivity index (χ1) is 8.13. The van der Waals surface area contributed by atoms with E-state index in [1.54, 1.807) is 6.07 Å². The summed E-state index contributed by atoms with van der Waals surface area (Å²) < 4.78 is 18.1. The van der Waals surface area contributed by atoms with Gasteiger partial charge in [-0.1, -0.05) is 13.3 Å². The van der Waals surface area contributed by atoms with Gasteiger partial charge < -0.3 is 10.5 Å². The maximum Gasteiger partial charge on any atom is 0.165 e. The summed E-state index contributed by atoms with van der Waals surface area (Å²) in [7, 11) is 1.39. The molecule has 0 saturated carbocycles. The predicted molar refractivity (Wildman–Crippen MR) is 64.6 cm³/mol. The second-order valence-corrected chi connectivity index (χ2v) is 3.60. The Kier molecular flexibility index (Phi) is 4.53. The van der Waals surface area contributed by atoms with Crippen molar-refractivity contribution in [2.75, 3.05) is 7.11 Å². The van der Waals surface area contributed by atoms with Gasteiger partial charge in [0.1, 0.15) is 0 Å². The molecule has 0 aliphatic rings. The number of hydrogen-bond acceptors (Lipinski definition) is 3. The molecule has 0 aromatic heterocycles. The van der Waals surface area contributed by atoms with Crippen LogP contribution in [0, 0.1) is 17.1 Å². The van der Waals surface area contributed by atoms with Crippen LogP contribution in [0.15, 0.2) is 23.8 Å². The van der Waals surface area contributed by atoms with Crippen molar-refractivity contribution in [3.05, 3.63) is 35.2 Å². The Bertz CT molecular complexity index is 475. The molecule has 3 nitrogen and oxygen atoms in total. The van der Waals surface area contributed by atoms with Gasteiger partial charge in [0.25, 0.3) is 0 Å². The summed E-state index contributed by atoms with van der Waals surface area (Å²) in [5.41, 5.74) is 7.39. The standard InChI is InChI=1S/C13H15FN2O/c1-3-4-10(8-15)13(16)9-5-6-11(14)12(7-9)17-2/h5-7H,3-4,16H2,1-2H3/b13-10-. The number of methoxy groups -OCH3 is 1. The number of nitriles is 1. The quantitative estimate of drug-likeness (QED) is 0.815. The van der Waals surface area contributed by atoms with Gasteiger partial charge in [0.15, 0.2) is 11.6 Å². The van der Waals surface area contributed by atoms with Crippen molar-refractivity contribution in [2.24, 2.45) is 5.73 Å². The molecule has 90 valence electrons. The van der Waals surface area contributed by atoms with E-state index in [2.05, 4.69) is 6.07 Å². The number of ether oxygens (including phenoxy) is 1. The third-order valence-corrected chi connectivity index (χ3v) is 2.42. The lowest BCUT2D eigenvalue weighted by molar-refractivity contribution is 0.386. The van der Waals surface area contributed by atoms with Crippen LogP contribution in [0.5, 0.6) is 5.75 Å². The van der Waals surface area contributed by atoms with Gasteiger partial charge in [-0.25, -0.2) is 4.39 Å². The maximum atomic E-state index is 13.2. The molecule has 0 radical (unpaired) electrons. The highest BCUT2D eigenvalue weighted by Crippen LogP contribution is 2.23. The molecule has 0 aliphatic heterocycles. The van der Waals surface area contributed by atoms with Crippen LogP contribution in [0.25, 0.3) is 5.70 Å². The fraction of sp³-hybridized carbons (Fsp3) is 0.308. The van der Waals surface area contributed by atoms with Gasteiger partial charge in [-0.05, 0) is 24.6 Å². The second-order valence-electron chi connectivity index (χ2n) is 3.60. The number of hydrogen-bond donors (Lipinski definition) is 1. The van der Waals surface area contributed by atoms with E-state index in [0.717, 1.165) is 6.42 Å². The van der Waals surface area contributed by atoms with Crippen LogP contribution in [-0.4, -0.2) is 7.11 Å². The SMILES string of the molecule is CCC/C(C#N)=C(/N)c1ccc(F)c(OC)c1. The van der Waals surface area contributed by atoms with Crippen LogP contribution in [0.3, 0.4) is 0 Å². The van der Waals surface area contributed by atoms with Crippen LogP contribution in [0.1, 0.15) is 25.3 Å². The average molecular weight is 234 g/mol. The lowest BCUT2D eigenvalue weighted by atomic mass is 10.0. The van der Waals surface area contributed by atoms with E-state index in [-0.39, 0.29) is 5.75 Å². The monoisotopic (exact) mass is 234 g/mol. The summed E-state index contributed by atoms with van der Waals surface area (Å²) in [6.45, 7) is 1.97. The minimum Gasteiger partial charge on any atom is -0.494 e. The lowest BCUT2D eigenvalue weighted by Crippen LogP contribution is -2.02. The first-order valence-electron chi connectivity index (χ1n) is 5.36. The third kappa shape index (κ3) is 2.97. The molecule has 0 amide bonds. The average Bonchev–Trinajstić information content (AvgIpc) is 2.35. The van der Waals surface area contributed by atoms with Crippen molar-refractivity contribution in [3.8, 4) is 11.8 Å². The van der Waals surface area contributed by atoms with Crippen molar-refractivity contribution < 1.29 is 9.13 Å². The Hall–Kier alpha value is -2.02. The number of nitrogens with two attached hydrogens (primary N) is 1. The molecule has 0 fully saturated rings. The Morgan fingerprint density at radius 2 is 2.24 bits per heavy atom. The topological polar surface area (TPSA) is 59.0 Å². The molecule has 1 rings (SSSR count). The van der Waals surface area contributed by atoms with E-state index in [4.69, 9.17) is 15.7 Å². The van der Waals surface area contributed by atoms with Crippen molar-refractivity contribution in [1.82, 2.24) is 0 Å². The molecule has 1 aromatic carbocycles. The van der Waals surface area contributed by atoms with Crippen molar-refractivity contribution in [3.63, 3.8) is 0 Å². The molecule has 0 heterocycles. The third-order valence-electron chi connectivity index (χ3n) is 2.42. The molecule has 0 saturated heterocycles. The van der Waals surface area contributed by atoms with E-state index in [1.165, 1.54) is 19.2 Å². The van der Waals surface area contributed by atoms with Gasteiger partial charge in [0.2, 0.25) is 0 Å². The maximum absolute atomic E-state index is 13.2. The number of halogens is 1. The smallest absolute Gasteiger partial charge is 0.165 e. The summed E-state index contributed by atoms with van der Waals surface area (Å²) in [5.74, 6) is -0.322. The molecule has 1 aromatic rings. The van der Waals surface area contributed by atoms with Crippen LogP contribution < -0.4 is 10.5 Å². The van der Waals surface area contributed by atoms with Gasteiger partial charge in [0, 0.05) is 5.56 Å². The van der Waals surface area contributed by atoms with Gasteiger partial charge in [0.05, 0.1) is 24.4 Å². The van der Waals surface area contributed by atoms with Gasteiger partial charge in [-0.3, -0.25) is 0 Å². The van der Waals surface area contributed by atoms with Gasteiger partial charge in [-0.15, -0.1) is 0 Å². The van der Waals surface area contributed by atoms with Crippen LogP contribution in [-0.2, 0) is 0 Å². The van der Waals surface area contributed by atoms with E-state index in [0.29, 0.717) is 23.3 Å². The normalized spacial score (nSPS) is 11.6. The Morgan fingerprint density at radius 3 is 2.76 bits per heavy atom. The van der Waals surface area contributed by atoms with E-state index in [1.807, 2.05) is 6.92 Å². The predicted octanol–water partition coefficient (Wildman–Crippen LogP) is 2.83. The zero-order valence-corrected chi connectivity index (χ0v) is 9.96. The first-order valence-corrected chi connectivity index (χ1v) is 5.36. The molecule has 2 N–H and O–H groups in total. The summed E-state index contributed by atoms with van der Waals surface area (Å²) in [6.07, 6.45) is 1.45. The summed E-state index contributed by atoms with van der Waals surface area (Å²) >= 11 is 0. The van der Waals surface area contributed by atoms with Gasteiger partial charge >= 0.3 is 0 Å². The molecule has 17 heavy (non-hydrogen) atoms.